The summed E-state index contributed by atoms with van der Waals surface area (Å²) in [5.41, 5.74) is 1.18. The average Bonchev–Trinajstić information content (AvgIpc) is 2.64. The van der Waals surface area contributed by atoms with Gasteiger partial charge in [-0.25, -0.2) is 0 Å². The molecule has 0 aliphatic carbocycles. The van der Waals surface area contributed by atoms with Crippen molar-refractivity contribution < 1.29 is 4.74 Å². The summed E-state index contributed by atoms with van der Waals surface area (Å²) in [5, 5.41) is 3.43. The predicted octanol–water partition coefficient (Wildman–Crippen LogP) is 3.15. The molecule has 0 amide bonds. The van der Waals surface area contributed by atoms with Gasteiger partial charge in [-0.05, 0) is 37.5 Å². The highest BCUT2D eigenvalue weighted by atomic mass is 127. The molecule has 0 aromatic heterocycles. The Labute approximate surface area is 173 Å². The van der Waals surface area contributed by atoms with E-state index in [0.717, 1.165) is 57.4 Å². The number of hydrogen-bond donors (Lipinski definition) is 1. The molecule has 1 aliphatic rings. The van der Waals surface area contributed by atoms with Crippen LogP contribution < -0.4 is 15.0 Å². The van der Waals surface area contributed by atoms with Gasteiger partial charge in [-0.15, -0.1) is 24.0 Å². The molecule has 0 unspecified atom stereocenters. The standard InChI is InChI=1S/C18H30N4OS.HI/c1-4-19-18(20-10-7-15-24-3)22-13-11-21(12-14-22)16-8-5-6-9-17(16)23-2;/h5-6,8-9H,4,7,10-15H2,1-3H3,(H,19,20);1H. The molecule has 0 atom stereocenters. The largest absolute Gasteiger partial charge is 0.495 e. The molecule has 1 aliphatic heterocycles. The molecule has 1 aromatic carbocycles. The number of nitrogens with zero attached hydrogens (tertiary/aromatic N) is 3. The predicted molar refractivity (Wildman–Crippen MR) is 121 cm³/mol. The number of hydrogen-bond acceptors (Lipinski definition) is 4. The number of rotatable bonds is 7. The molecule has 0 saturated carbocycles. The zero-order valence-corrected chi connectivity index (χ0v) is 18.7. The lowest BCUT2D eigenvalue weighted by atomic mass is 10.2. The van der Waals surface area contributed by atoms with E-state index in [9.17, 15) is 0 Å². The van der Waals surface area contributed by atoms with Crippen LogP contribution >= 0.6 is 35.7 Å². The normalized spacial score (nSPS) is 14.9. The van der Waals surface area contributed by atoms with Gasteiger partial charge >= 0.3 is 0 Å². The molecule has 1 N–H and O–H groups in total. The van der Waals surface area contributed by atoms with Gasteiger partial charge in [0.15, 0.2) is 5.96 Å². The van der Waals surface area contributed by atoms with Crippen molar-refractivity contribution in [3.63, 3.8) is 0 Å². The summed E-state index contributed by atoms with van der Waals surface area (Å²) >= 11 is 1.88. The minimum absolute atomic E-state index is 0. The van der Waals surface area contributed by atoms with Crippen molar-refractivity contribution in [2.75, 3.05) is 63.3 Å². The first-order valence-corrected chi connectivity index (χ1v) is 10.1. The van der Waals surface area contributed by atoms with E-state index < -0.39 is 0 Å². The van der Waals surface area contributed by atoms with Crippen molar-refractivity contribution in [3.8, 4) is 5.75 Å². The number of guanidine groups is 1. The number of halogens is 1. The first kappa shape index (κ1) is 22.2. The SMILES string of the molecule is CCNC(=NCCCSC)N1CCN(c2ccccc2OC)CC1.I. The lowest BCUT2D eigenvalue weighted by molar-refractivity contribution is 0.367. The Balaban J connectivity index is 0.00000312. The number of piperazine rings is 1. The third kappa shape index (κ3) is 6.77. The van der Waals surface area contributed by atoms with Crippen LogP contribution in [0.5, 0.6) is 5.75 Å². The maximum Gasteiger partial charge on any atom is 0.194 e. The van der Waals surface area contributed by atoms with E-state index in [1.54, 1.807) is 7.11 Å². The smallest absolute Gasteiger partial charge is 0.194 e. The van der Waals surface area contributed by atoms with Crippen LogP contribution in [0.4, 0.5) is 5.69 Å². The highest BCUT2D eigenvalue weighted by molar-refractivity contribution is 14.0. The van der Waals surface area contributed by atoms with Crippen molar-refractivity contribution in [3.05, 3.63) is 24.3 Å². The van der Waals surface area contributed by atoms with Crippen LogP contribution in [-0.2, 0) is 0 Å². The van der Waals surface area contributed by atoms with Gasteiger partial charge in [0.2, 0.25) is 0 Å². The lowest BCUT2D eigenvalue weighted by Crippen LogP contribution is -2.52. The monoisotopic (exact) mass is 478 g/mol. The Hall–Kier alpha value is -0.830. The van der Waals surface area contributed by atoms with Crippen LogP contribution in [0.1, 0.15) is 13.3 Å². The summed E-state index contributed by atoms with van der Waals surface area (Å²) < 4.78 is 5.49. The van der Waals surface area contributed by atoms with Crippen molar-refractivity contribution in [1.82, 2.24) is 10.2 Å². The number of benzene rings is 1. The molecule has 1 fully saturated rings. The van der Waals surface area contributed by atoms with Gasteiger partial charge in [-0.3, -0.25) is 4.99 Å². The van der Waals surface area contributed by atoms with E-state index in [1.165, 1.54) is 11.4 Å². The summed E-state index contributed by atoms with van der Waals surface area (Å²) in [7, 11) is 1.74. The molecule has 25 heavy (non-hydrogen) atoms. The molecule has 142 valence electrons. The fourth-order valence-electron chi connectivity index (χ4n) is 2.87. The van der Waals surface area contributed by atoms with Crippen LogP contribution in [0.15, 0.2) is 29.3 Å². The number of anilines is 1. The second-order valence-corrected chi connectivity index (χ2v) is 6.71. The fourth-order valence-corrected chi connectivity index (χ4v) is 3.29. The molecule has 1 aromatic rings. The summed E-state index contributed by atoms with van der Waals surface area (Å²) in [5.74, 6) is 3.17. The number of methoxy groups -OCH3 is 1. The van der Waals surface area contributed by atoms with Crippen molar-refractivity contribution in [2.24, 2.45) is 4.99 Å². The molecule has 0 bridgehead atoms. The Bertz CT molecular complexity index is 522. The van der Waals surface area contributed by atoms with E-state index >= 15 is 0 Å². The number of nitrogens with one attached hydrogen (secondary N) is 1. The number of ether oxygens (including phenoxy) is 1. The molecule has 7 heteroatoms. The van der Waals surface area contributed by atoms with Crippen molar-refractivity contribution >= 4 is 47.4 Å². The minimum Gasteiger partial charge on any atom is -0.495 e. The quantitative estimate of drug-likeness (QED) is 0.282. The molecule has 1 heterocycles. The highest BCUT2D eigenvalue weighted by Gasteiger charge is 2.21. The average molecular weight is 478 g/mol. The number of aliphatic imine (C=N–C) groups is 1. The van der Waals surface area contributed by atoms with Crippen LogP contribution in [0.3, 0.4) is 0 Å². The van der Waals surface area contributed by atoms with E-state index in [-0.39, 0.29) is 24.0 Å². The van der Waals surface area contributed by atoms with Crippen LogP contribution in [0.2, 0.25) is 0 Å². The van der Waals surface area contributed by atoms with E-state index in [0.29, 0.717) is 0 Å². The van der Waals surface area contributed by atoms with Gasteiger partial charge in [0.25, 0.3) is 0 Å². The first-order chi connectivity index (χ1) is 11.8. The Morgan fingerprint density at radius 3 is 2.60 bits per heavy atom. The second-order valence-electron chi connectivity index (χ2n) is 5.73. The topological polar surface area (TPSA) is 40.1 Å². The second kappa shape index (κ2) is 12.5. The Morgan fingerprint density at radius 1 is 1.24 bits per heavy atom. The van der Waals surface area contributed by atoms with E-state index in [1.807, 2.05) is 23.9 Å². The molecular weight excluding hydrogens is 447 g/mol. The Kier molecular flexibility index (Phi) is 11.1. The Morgan fingerprint density at radius 2 is 1.96 bits per heavy atom. The number of para-hydroxylation sites is 2. The molecule has 0 radical (unpaired) electrons. The summed E-state index contributed by atoms with van der Waals surface area (Å²) in [4.78, 5) is 9.55. The van der Waals surface area contributed by atoms with E-state index in [2.05, 4.69) is 40.4 Å². The minimum atomic E-state index is 0. The van der Waals surface area contributed by atoms with Gasteiger partial charge in [-0.2, -0.15) is 11.8 Å². The lowest BCUT2D eigenvalue weighted by Gasteiger charge is -2.38. The van der Waals surface area contributed by atoms with Crippen LogP contribution in [0, 0.1) is 0 Å². The molecular formula is C18H31IN4OS. The molecule has 0 spiro atoms. The van der Waals surface area contributed by atoms with Gasteiger partial charge < -0.3 is 19.9 Å². The van der Waals surface area contributed by atoms with Crippen LogP contribution in [-0.4, -0.2) is 69.2 Å². The summed E-state index contributed by atoms with van der Waals surface area (Å²) in [6.45, 7) is 7.86. The van der Waals surface area contributed by atoms with Gasteiger partial charge in [0.05, 0.1) is 12.8 Å². The van der Waals surface area contributed by atoms with E-state index in [4.69, 9.17) is 9.73 Å². The van der Waals surface area contributed by atoms with Gasteiger partial charge in [0.1, 0.15) is 5.75 Å². The van der Waals surface area contributed by atoms with Crippen molar-refractivity contribution in [1.29, 1.82) is 0 Å². The molecule has 5 nitrogen and oxygen atoms in total. The zero-order chi connectivity index (χ0) is 17.2. The highest BCUT2D eigenvalue weighted by Crippen LogP contribution is 2.28. The van der Waals surface area contributed by atoms with Crippen molar-refractivity contribution in [2.45, 2.75) is 13.3 Å². The maximum atomic E-state index is 5.49. The van der Waals surface area contributed by atoms with Gasteiger partial charge in [0, 0.05) is 39.3 Å². The molecule has 1 saturated heterocycles. The molecule has 2 rings (SSSR count). The van der Waals surface area contributed by atoms with Crippen LogP contribution in [0.25, 0.3) is 0 Å². The third-order valence-corrected chi connectivity index (χ3v) is 4.81. The number of thioether (sulfide) groups is 1. The third-order valence-electron chi connectivity index (χ3n) is 4.11. The first-order valence-electron chi connectivity index (χ1n) is 8.70. The maximum absolute atomic E-state index is 5.49. The van der Waals surface area contributed by atoms with Gasteiger partial charge in [-0.1, -0.05) is 12.1 Å². The fraction of sp³-hybridized carbons (Fsp3) is 0.611. The summed E-state index contributed by atoms with van der Waals surface area (Å²) in [6.07, 6.45) is 3.28. The zero-order valence-electron chi connectivity index (χ0n) is 15.5. The summed E-state index contributed by atoms with van der Waals surface area (Å²) in [6, 6.07) is 8.25.